The lowest BCUT2D eigenvalue weighted by molar-refractivity contribution is -0.146. The largest absolute Gasteiger partial charge is 0.449 e. The first-order valence-electron chi connectivity index (χ1n) is 6.35. The summed E-state index contributed by atoms with van der Waals surface area (Å²) >= 11 is 5.93. The second-order valence-electron chi connectivity index (χ2n) is 5.25. The number of carbonyl (C=O) groups is 1. The predicted molar refractivity (Wildman–Crippen MR) is 68.0 cm³/mol. The van der Waals surface area contributed by atoms with Gasteiger partial charge in [-0.2, -0.15) is 0 Å². The van der Waals surface area contributed by atoms with Crippen LogP contribution in [0.5, 0.6) is 0 Å². The van der Waals surface area contributed by atoms with Crippen LogP contribution in [0.2, 0.25) is 0 Å². The van der Waals surface area contributed by atoms with Crippen molar-refractivity contribution in [1.29, 1.82) is 0 Å². The summed E-state index contributed by atoms with van der Waals surface area (Å²) in [6.45, 7) is 6.81. The van der Waals surface area contributed by atoms with E-state index in [4.69, 9.17) is 16.3 Å². The first kappa shape index (κ1) is 12.9. The Morgan fingerprint density at radius 3 is 2.35 bits per heavy atom. The smallest absolute Gasteiger partial charge is 0.350 e. The molecular formula is C13H20ClNO2. The van der Waals surface area contributed by atoms with Crippen molar-refractivity contribution in [3.63, 3.8) is 0 Å². The number of hydrogen-bond donors (Lipinski definition) is 0. The highest BCUT2D eigenvalue weighted by molar-refractivity contribution is 6.42. The number of nitrogens with zero attached hydrogens (tertiary/aromatic N) is 1. The molecule has 1 saturated heterocycles. The second-order valence-corrected chi connectivity index (χ2v) is 5.63. The Morgan fingerprint density at radius 2 is 1.88 bits per heavy atom. The van der Waals surface area contributed by atoms with Gasteiger partial charge < -0.3 is 4.74 Å². The topological polar surface area (TPSA) is 29.5 Å². The Bertz CT molecular complexity index is 345. The van der Waals surface area contributed by atoms with Crippen molar-refractivity contribution in [2.75, 3.05) is 19.6 Å². The minimum absolute atomic E-state index is 0.266. The van der Waals surface area contributed by atoms with Gasteiger partial charge in [-0.05, 0) is 45.4 Å². The maximum atomic E-state index is 11.5. The monoisotopic (exact) mass is 257 g/mol. The van der Waals surface area contributed by atoms with Gasteiger partial charge in [-0.15, -0.1) is 0 Å². The highest BCUT2D eigenvalue weighted by Gasteiger charge is 2.42. The van der Waals surface area contributed by atoms with E-state index >= 15 is 0 Å². The van der Waals surface area contributed by atoms with Gasteiger partial charge in [0.25, 0.3) is 0 Å². The molecule has 0 aromatic rings. The quantitative estimate of drug-likeness (QED) is 0.713. The Kier molecular flexibility index (Phi) is 3.79. The molecule has 1 atom stereocenters. The SMILES string of the molecule is CC1=C(Cl)C(=O)OC1(C)CN1CCCCCC1. The third-order valence-corrected chi connectivity index (χ3v) is 4.28. The summed E-state index contributed by atoms with van der Waals surface area (Å²) in [5.74, 6) is -0.374. The standard InChI is InChI=1S/C13H20ClNO2/c1-10-11(14)12(16)17-13(10,2)9-15-7-5-3-4-6-8-15/h3-9H2,1-2H3. The van der Waals surface area contributed by atoms with E-state index in [0.29, 0.717) is 0 Å². The normalized spacial score (nSPS) is 31.6. The first-order chi connectivity index (χ1) is 8.03. The second kappa shape index (κ2) is 4.99. The van der Waals surface area contributed by atoms with Crippen molar-refractivity contribution in [1.82, 2.24) is 4.90 Å². The van der Waals surface area contributed by atoms with E-state index in [1.165, 1.54) is 25.7 Å². The molecule has 1 unspecified atom stereocenters. The van der Waals surface area contributed by atoms with E-state index in [2.05, 4.69) is 4.90 Å². The lowest BCUT2D eigenvalue weighted by Crippen LogP contribution is -2.42. The summed E-state index contributed by atoms with van der Waals surface area (Å²) in [4.78, 5) is 13.9. The van der Waals surface area contributed by atoms with Crippen LogP contribution in [0.15, 0.2) is 10.6 Å². The van der Waals surface area contributed by atoms with E-state index in [1.54, 1.807) is 0 Å². The number of likely N-dealkylation sites (tertiary alicyclic amines) is 1. The zero-order chi connectivity index (χ0) is 12.5. The van der Waals surface area contributed by atoms with Gasteiger partial charge >= 0.3 is 5.97 Å². The third-order valence-electron chi connectivity index (χ3n) is 3.84. The maximum absolute atomic E-state index is 11.5. The van der Waals surface area contributed by atoms with Gasteiger partial charge in [0.1, 0.15) is 10.6 Å². The number of hydrogen-bond acceptors (Lipinski definition) is 3. The van der Waals surface area contributed by atoms with Crippen molar-refractivity contribution >= 4 is 17.6 Å². The maximum Gasteiger partial charge on any atom is 0.350 e. The Morgan fingerprint density at radius 1 is 1.29 bits per heavy atom. The summed E-state index contributed by atoms with van der Waals surface area (Å²) < 4.78 is 5.43. The van der Waals surface area contributed by atoms with Crippen LogP contribution in [-0.2, 0) is 9.53 Å². The number of rotatable bonds is 2. The van der Waals surface area contributed by atoms with Crippen LogP contribution in [0, 0.1) is 0 Å². The van der Waals surface area contributed by atoms with Crippen LogP contribution < -0.4 is 0 Å². The summed E-state index contributed by atoms with van der Waals surface area (Å²) in [5.41, 5.74) is 0.340. The molecule has 2 heterocycles. The van der Waals surface area contributed by atoms with Crippen molar-refractivity contribution in [3.05, 3.63) is 10.6 Å². The summed E-state index contributed by atoms with van der Waals surface area (Å²) in [6, 6.07) is 0. The lowest BCUT2D eigenvalue weighted by Gasteiger charge is -2.31. The molecule has 2 aliphatic heterocycles. The molecule has 0 radical (unpaired) electrons. The molecule has 0 bridgehead atoms. The summed E-state index contributed by atoms with van der Waals surface area (Å²) in [5, 5.41) is 0.266. The molecule has 0 aliphatic carbocycles. The van der Waals surface area contributed by atoms with Crippen LogP contribution in [-0.4, -0.2) is 36.1 Å². The van der Waals surface area contributed by atoms with Crippen molar-refractivity contribution in [2.45, 2.75) is 45.1 Å². The molecular weight excluding hydrogens is 238 g/mol. The molecule has 2 aliphatic rings. The number of esters is 1. The highest BCUT2D eigenvalue weighted by atomic mass is 35.5. The molecule has 0 N–H and O–H groups in total. The fourth-order valence-corrected chi connectivity index (χ4v) is 2.82. The van der Waals surface area contributed by atoms with Gasteiger partial charge in [-0.3, -0.25) is 4.90 Å². The van der Waals surface area contributed by atoms with Gasteiger partial charge in [0.15, 0.2) is 0 Å². The number of halogens is 1. The van der Waals surface area contributed by atoms with Gasteiger partial charge in [0.05, 0.1) is 0 Å². The number of carbonyl (C=O) groups excluding carboxylic acids is 1. The van der Waals surface area contributed by atoms with Gasteiger partial charge in [-0.1, -0.05) is 24.4 Å². The van der Waals surface area contributed by atoms with Crippen molar-refractivity contribution in [3.8, 4) is 0 Å². The Hall–Kier alpha value is -0.540. The zero-order valence-corrected chi connectivity index (χ0v) is 11.3. The number of ether oxygens (including phenoxy) is 1. The van der Waals surface area contributed by atoms with E-state index in [9.17, 15) is 4.79 Å². The van der Waals surface area contributed by atoms with Crippen LogP contribution in [0.1, 0.15) is 39.5 Å². The molecule has 17 heavy (non-hydrogen) atoms. The van der Waals surface area contributed by atoms with E-state index in [1.807, 2.05) is 13.8 Å². The molecule has 2 rings (SSSR count). The van der Waals surface area contributed by atoms with Crippen LogP contribution in [0.3, 0.4) is 0 Å². The van der Waals surface area contributed by atoms with Crippen LogP contribution >= 0.6 is 11.6 Å². The molecule has 3 nitrogen and oxygen atoms in total. The summed E-state index contributed by atoms with van der Waals surface area (Å²) in [7, 11) is 0. The Balaban J connectivity index is 2.05. The summed E-state index contributed by atoms with van der Waals surface area (Å²) in [6.07, 6.45) is 5.09. The van der Waals surface area contributed by atoms with Crippen molar-refractivity contribution in [2.24, 2.45) is 0 Å². The minimum Gasteiger partial charge on any atom is -0.449 e. The molecule has 0 saturated carbocycles. The van der Waals surface area contributed by atoms with Gasteiger partial charge in [-0.25, -0.2) is 4.79 Å². The van der Waals surface area contributed by atoms with E-state index < -0.39 is 5.60 Å². The fraction of sp³-hybridized carbons (Fsp3) is 0.769. The molecule has 0 spiro atoms. The zero-order valence-electron chi connectivity index (χ0n) is 10.6. The average molecular weight is 258 g/mol. The molecule has 4 heteroatoms. The van der Waals surface area contributed by atoms with Crippen molar-refractivity contribution < 1.29 is 9.53 Å². The predicted octanol–water partition coefficient (Wildman–Crippen LogP) is 2.69. The average Bonchev–Trinajstić information content (AvgIpc) is 2.53. The fourth-order valence-electron chi connectivity index (χ4n) is 2.58. The molecule has 96 valence electrons. The minimum atomic E-state index is -0.529. The van der Waals surface area contributed by atoms with Crippen LogP contribution in [0.25, 0.3) is 0 Å². The van der Waals surface area contributed by atoms with E-state index in [0.717, 1.165) is 25.2 Å². The van der Waals surface area contributed by atoms with Gasteiger partial charge in [0, 0.05) is 6.54 Å². The van der Waals surface area contributed by atoms with E-state index in [-0.39, 0.29) is 11.0 Å². The number of cyclic esters (lactones) is 1. The molecule has 0 aromatic carbocycles. The molecule has 0 aromatic heterocycles. The Labute approximate surface area is 108 Å². The molecule has 1 fully saturated rings. The van der Waals surface area contributed by atoms with Crippen LogP contribution in [0.4, 0.5) is 0 Å². The third kappa shape index (κ3) is 2.66. The van der Waals surface area contributed by atoms with Gasteiger partial charge in [0.2, 0.25) is 0 Å². The molecule has 0 amide bonds. The lowest BCUT2D eigenvalue weighted by atomic mass is 9.97. The first-order valence-corrected chi connectivity index (χ1v) is 6.73. The highest BCUT2D eigenvalue weighted by Crippen LogP contribution is 2.35.